The average Bonchev–Trinajstić information content (AvgIpc) is 2.27. The van der Waals surface area contributed by atoms with Crippen molar-refractivity contribution in [1.82, 2.24) is 5.32 Å². The molecule has 1 N–H and O–H groups in total. The predicted molar refractivity (Wildman–Crippen MR) is 65.2 cm³/mol. The minimum absolute atomic E-state index is 0.0320. The Balaban J connectivity index is 2.57. The van der Waals surface area contributed by atoms with Crippen LogP contribution in [-0.2, 0) is 9.53 Å². The number of carbonyl (C=O) groups is 1. The number of esters is 1. The Hall–Kier alpha value is -0.570. The molecule has 0 aromatic rings. The van der Waals surface area contributed by atoms with E-state index in [0.717, 1.165) is 38.8 Å². The van der Waals surface area contributed by atoms with Gasteiger partial charge in [-0.25, -0.2) is 0 Å². The van der Waals surface area contributed by atoms with Gasteiger partial charge in [-0.2, -0.15) is 0 Å². The van der Waals surface area contributed by atoms with Crippen LogP contribution in [0.3, 0.4) is 0 Å². The molecule has 1 fully saturated rings. The first-order valence-corrected chi connectivity index (χ1v) is 6.48. The first-order valence-electron chi connectivity index (χ1n) is 6.48. The summed E-state index contributed by atoms with van der Waals surface area (Å²) in [5.41, 5.74) is -0.200. The number of nitrogens with one attached hydrogen (secondary N) is 1. The SMILES string of the molecule is CCCC1(C(=O)OCC(C)C)CCNCC1. The second kappa shape index (κ2) is 6.24. The van der Waals surface area contributed by atoms with Crippen LogP contribution in [0.1, 0.15) is 46.5 Å². The molecule has 0 atom stereocenters. The van der Waals surface area contributed by atoms with E-state index in [-0.39, 0.29) is 11.4 Å². The van der Waals surface area contributed by atoms with Gasteiger partial charge in [0.15, 0.2) is 0 Å². The quantitative estimate of drug-likeness (QED) is 0.733. The van der Waals surface area contributed by atoms with E-state index in [0.29, 0.717) is 12.5 Å². The largest absolute Gasteiger partial charge is 0.465 e. The highest BCUT2D eigenvalue weighted by molar-refractivity contribution is 5.77. The maximum absolute atomic E-state index is 12.2. The van der Waals surface area contributed by atoms with Crippen LogP contribution in [0.2, 0.25) is 0 Å². The summed E-state index contributed by atoms with van der Waals surface area (Å²) in [5.74, 6) is 0.453. The molecule has 0 unspecified atom stereocenters. The highest BCUT2D eigenvalue weighted by Crippen LogP contribution is 2.35. The molecule has 0 amide bonds. The van der Waals surface area contributed by atoms with E-state index in [1.165, 1.54) is 0 Å². The van der Waals surface area contributed by atoms with Crippen LogP contribution < -0.4 is 5.32 Å². The Labute approximate surface area is 98.9 Å². The van der Waals surface area contributed by atoms with Crippen molar-refractivity contribution in [2.45, 2.75) is 46.5 Å². The van der Waals surface area contributed by atoms with Gasteiger partial charge in [-0.1, -0.05) is 27.2 Å². The maximum Gasteiger partial charge on any atom is 0.312 e. The molecule has 1 saturated heterocycles. The van der Waals surface area contributed by atoms with Crippen LogP contribution in [0.25, 0.3) is 0 Å². The van der Waals surface area contributed by atoms with E-state index >= 15 is 0 Å². The predicted octanol–water partition coefficient (Wildman–Crippen LogP) is 2.36. The zero-order chi connectivity index (χ0) is 12.0. The smallest absolute Gasteiger partial charge is 0.312 e. The van der Waals surface area contributed by atoms with Crippen LogP contribution in [0.15, 0.2) is 0 Å². The normalized spacial score (nSPS) is 19.8. The van der Waals surface area contributed by atoms with E-state index in [2.05, 4.69) is 26.1 Å². The van der Waals surface area contributed by atoms with Crippen molar-refractivity contribution >= 4 is 5.97 Å². The molecule has 3 nitrogen and oxygen atoms in total. The van der Waals surface area contributed by atoms with Gasteiger partial charge in [-0.05, 0) is 38.3 Å². The number of rotatable bonds is 5. The third-order valence-electron chi connectivity index (χ3n) is 3.27. The highest BCUT2D eigenvalue weighted by Gasteiger charge is 2.39. The fraction of sp³-hybridized carbons (Fsp3) is 0.923. The van der Waals surface area contributed by atoms with Gasteiger partial charge in [0.1, 0.15) is 0 Å². The maximum atomic E-state index is 12.2. The summed E-state index contributed by atoms with van der Waals surface area (Å²) >= 11 is 0. The second-order valence-corrected chi connectivity index (χ2v) is 5.27. The van der Waals surface area contributed by atoms with Crippen molar-refractivity contribution in [2.75, 3.05) is 19.7 Å². The topological polar surface area (TPSA) is 38.3 Å². The minimum atomic E-state index is -0.200. The lowest BCUT2D eigenvalue weighted by atomic mass is 9.75. The van der Waals surface area contributed by atoms with Gasteiger partial charge >= 0.3 is 5.97 Å². The fourth-order valence-electron chi connectivity index (χ4n) is 2.34. The third kappa shape index (κ3) is 3.48. The number of hydrogen-bond acceptors (Lipinski definition) is 3. The van der Waals surface area contributed by atoms with E-state index in [1.54, 1.807) is 0 Å². The van der Waals surface area contributed by atoms with Crippen LogP contribution in [0.5, 0.6) is 0 Å². The third-order valence-corrected chi connectivity index (χ3v) is 3.27. The summed E-state index contributed by atoms with van der Waals surface area (Å²) in [6.07, 6.45) is 3.87. The van der Waals surface area contributed by atoms with Crippen LogP contribution >= 0.6 is 0 Å². The molecule has 0 aliphatic carbocycles. The van der Waals surface area contributed by atoms with Crippen molar-refractivity contribution in [3.05, 3.63) is 0 Å². The van der Waals surface area contributed by atoms with Gasteiger partial charge in [0.2, 0.25) is 0 Å². The van der Waals surface area contributed by atoms with Gasteiger partial charge in [-0.3, -0.25) is 4.79 Å². The molecule has 1 heterocycles. The summed E-state index contributed by atoms with van der Waals surface area (Å²) < 4.78 is 5.43. The molecule has 16 heavy (non-hydrogen) atoms. The molecule has 0 saturated carbocycles. The molecular formula is C13H25NO2. The molecule has 1 aliphatic heterocycles. The molecule has 0 spiro atoms. The van der Waals surface area contributed by atoms with Crippen LogP contribution in [0, 0.1) is 11.3 Å². The molecule has 0 radical (unpaired) electrons. The number of piperidine rings is 1. The zero-order valence-electron chi connectivity index (χ0n) is 10.8. The van der Waals surface area contributed by atoms with E-state index in [1.807, 2.05) is 0 Å². The zero-order valence-corrected chi connectivity index (χ0v) is 10.8. The Kier molecular flexibility index (Phi) is 5.26. The standard InChI is InChI=1S/C13H25NO2/c1-4-5-13(6-8-14-9-7-13)12(15)16-10-11(2)3/h11,14H,4-10H2,1-3H3. The molecule has 1 rings (SSSR count). The second-order valence-electron chi connectivity index (χ2n) is 5.27. The lowest BCUT2D eigenvalue weighted by Gasteiger charge is -2.35. The summed E-state index contributed by atoms with van der Waals surface area (Å²) in [4.78, 5) is 12.2. The van der Waals surface area contributed by atoms with Crippen molar-refractivity contribution in [1.29, 1.82) is 0 Å². The lowest BCUT2D eigenvalue weighted by molar-refractivity contribution is -0.159. The van der Waals surface area contributed by atoms with Crippen molar-refractivity contribution < 1.29 is 9.53 Å². The molecule has 0 aromatic carbocycles. The number of hydrogen-bond donors (Lipinski definition) is 1. The van der Waals surface area contributed by atoms with E-state index in [9.17, 15) is 4.79 Å². The molecule has 3 heteroatoms. The summed E-state index contributed by atoms with van der Waals surface area (Å²) in [7, 11) is 0. The Morgan fingerprint density at radius 2 is 2.00 bits per heavy atom. The monoisotopic (exact) mass is 227 g/mol. The molecule has 0 bridgehead atoms. The first kappa shape index (κ1) is 13.5. The number of ether oxygens (including phenoxy) is 1. The average molecular weight is 227 g/mol. The Morgan fingerprint density at radius 3 is 2.50 bits per heavy atom. The minimum Gasteiger partial charge on any atom is -0.465 e. The molecular weight excluding hydrogens is 202 g/mol. The highest BCUT2D eigenvalue weighted by atomic mass is 16.5. The first-order chi connectivity index (χ1) is 7.60. The van der Waals surface area contributed by atoms with Crippen LogP contribution in [0.4, 0.5) is 0 Å². The van der Waals surface area contributed by atoms with Gasteiger partial charge in [0.25, 0.3) is 0 Å². The lowest BCUT2D eigenvalue weighted by Crippen LogP contribution is -2.43. The Morgan fingerprint density at radius 1 is 1.38 bits per heavy atom. The fourth-order valence-corrected chi connectivity index (χ4v) is 2.34. The summed E-state index contributed by atoms with van der Waals surface area (Å²) in [6.45, 7) is 8.72. The summed E-state index contributed by atoms with van der Waals surface area (Å²) in [5, 5.41) is 3.31. The van der Waals surface area contributed by atoms with Gasteiger partial charge in [-0.15, -0.1) is 0 Å². The van der Waals surface area contributed by atoms with Crippen molar-refractivity contribution in [3.8, 4) is 0 Å². The summed E-state index contributed by atoms with van der Waals surface area (Å²) in [6, 6.07) is 0. The van der Waals surface area contributed by atoms with Gasteiger partial charge in [0, 0.05) is 0 Å². The number of carbonyl (C=O) groups excluding carboxylic acids is 1. The van der Waals surface area contributed by atoms with Crippen molar-refractivity contribution in [2.24, 2.45) is 11.3 Å². The van der Waals surface area contributed by atoms with Crippen LogP contribution in [-0.4, -0.2) is 25.7 Å². The molecule has 94 valence electrons. The molecule has 1 aliphatic rings. The Bertz CT molecular complexity index is 214. The van der Waals surface area contributed by atoms with Gasteiger partial charge in [0.05, 0.1) is 12.0 Å². The molecule has 0 aromatic heterocycles. The van der Waals surface area contributed by atoms with E-state index < -0.39 is 0 Å². The van der Waals surface area contributed by atoms with E-state index in [4.69, 9.17) is 4.74 Å². The van der Waals surface area contributed by atoms with Crippen molar-refractivity contribution in [3.63, 3.8) is 0 Å². The van der Waals surface area contributed by atoms with Gasteiger partial charge < -0.3 is 10.1 Å².